The molecule has 5 N–H and O–H groups in total. The summed E-state index contributed by atoms with van der Waals surface area (Å²) in [6.45, 7) is 13.5. The van der Waals surface area contributed by atoms with Crippen LogP contribution >= 0.6 is 0 Å². The van der Waals surface area contributed by atoms with E-state index in [1.54, 1.807) is 4.57 Å². The van der Waals surface area contributed by atoms with Gasteiger partial charge in [-0.25, -0.2) is 4.79 Å². The van der Waals surface area contributed by atoms with E-state index >= 15 is 0 Å². The lowest BCUT2D eigenvalue weighted by Gasteiger charge is -2.38. The minimum atomic E-state index is -4.65. The first-order valence-corrected chi connectivity index (χ1v) is 19.2. The number of nitrogens with one attached hydrogen (secondary N) is 4. The molecule has 0 spiro atoms. The molecule has 0 radical (unpaired) electrons. The number of likely N-dealkylation sites (tertiary alicyclic amines) is 1. The Hall–Kier alpha value is -4.56. The number of nitrogens with zero attached hydrogens (tertiary/aromatic N) is 2. The fourth-order valence-electron chi connectivity index (χ4n) is 8.49. The molecular formula is C40H55F3N6O6. The van der Waals surface area contributed by atoms with E-state index in [9.17, 15) is 42.3 Å². The van der Waals surface area contributed by atoms with E-state index in [4.69, 9.17) is 0 Å². The standard InChI is InChI=1S/C40H55F3N6O6/c1-7-19-44-34(52)32(50)27(17-18-40(41,42)43)45-33(51)31-29-26(39(29,5)6)21-49(31)36(54)30(23-13-9-8-10-14-23)47-37(55)46-28(38(2,3)4)22-48-20-24-15-11-12-16-25(24)35(48)53/h7,11-12,15-16,20,23,26-31,53H,1,8-10,13-14,17-19,21-22H2,2-6H3,(H,44,52)(H,45,51)(H2,46,47,55)/t26-,27?,28+,29-,30-,31-/m0/s1. The SMILES string of the molecule is C=CCNC(=O)C(=O)C(CCC(F)(F)F)NC(=O)[C@@H]1[C@@H]2[C@H](CN1C(=O)[C@@H](NC(=O)N[C@H](Cn1cc3ccccc3c1O)C(C)(C)C)C1CCCCC1)C2(C)C. The molecule has 12 nitrogen and oxygen atoms in total. The molecule has 6 atom stereocenters. The summed E-state index contributed by atoms with van der Waals surface area (Å²) in [4.78, 5) is 69.6. The third kappa shape index (κ3) is 9.46. The van der Waals surface area contributed by atoms with Crippen LogP contribution in [0.3, 0.4) is 0 Å². The Labute approximate surface area is 320 Å². The number of fused-ring (bicyclic) bond motifs is 2. The molecule has 5 amide bonds. The van der Waals surface area contributed by atoms with Gasteiger partial charge in [0.25, 0.3) is 5.91 Å². The Balaban J connectivity index is 1.37. The molecule has 2 heterocycles. The predicted molar refractivity (Wildman–Crippen MR) is 201 cm³/mol. The van der Waals surface area contributed by atoms with Gasteiger partial charge in [0, 0.05) is 43.0 Å². The average Bonchev–Trinajstić information content (AvgIpc) is 3.40. The first kappa shape index (κ1) is 41.6. The lowest BCUT2D eigenvalue weighted by molar-refractivity contribution is -0.147. The van der Waals surface area contributed by atoms with Crippen LogP contribution in [0.15, 0.2) is 43.1 Å². The molecule has 55 heavy (non-hydrogen) atoms. The van der Waals surface area contributed by atoms with Crippen molar-refractivity contribution in [2.24, 2.45) is 28.6 Å². The van der Waals surface area contributed by atoms with Crippen LogP contribution in [0.4, 0.5) is 18.0 Å². The molecule has 1 aliphatic heterocycles. The number of carbonyl (C=O) groups excluding carboxylic acids is 5. The maximum atomic E-state index is 14.7. The van der Waals surface area contributed by atoms with Crippen molar-refractivity contribution in [3.8, 4) is 5.88 Å². The fraction of sp³-hybridized carbons (Fsp3) is 0.625. The Morgan fingerprint density at radius 3 is 2.31 bits per heavy atom. The van der Waals surface area contributed by atoms with E-state index in [-0.39, 0.29) is 48.7 Å². The molecule has 302 valence electrons. The zero-order valence-electron chi connectivity index (χ0n) is 32.3. The highest BCUT2D eigenvalue weighted by Gasteiger charge is 2.69. The van der Waals surface area contributed by atoms with Crippen LogP contribution in [0.2, 0.25) is 0 Å². The van der Waals surface area contributed by atoms with Gasteiger partial charge in [0.2, 0.25) is 17.6 Å². The Morgan fingerprint density at radius 2 is 1.69 bits per heavy atom. The number of carbonyl (C=O) groups is 5. The van der Waals surface area contributed by atoms with Crippen molar-refractivity contribution in [2.75, 3.05) is 13.1 Å². The number of piperidine rings is 1. The highest BCUT2D eigenvalue weighted by Crippen LogP contribution is 2.65. The predicted octanol–water partition coefficient (Wildman–Crippen LogP) is 5.19. The molecule has 2 aromatic rings. The smallest absolute Gasteiger partial charge is 0.389 e. The molecule has 0 bridgehead atoms. The van der Waals surface area contributed by atoms with E-state index < -0.39 is 78.1 Å². The lowest BCUT2D eigenvalue weighted by atomic mass is 9.83. The quantitative estimate of drug-likeness (QED) is 0.131. The second kappa shape index (κ2) is 16.3. The summed E-state index contributed by atoms with van der Waals surface area (Å²) in [7, 11) is 0. The van der Waals surface area contributed by atoms with Gasteiger partial charge in [-0.1, -0.05) is 78.2 Å². The molecule has 15 heteroatoms. The van der Waals surface area contributed by atoms with Crippen LogP contribution in [-0.4, -0.2) is 87.5 Å². The third-order valence-corrected chi connectivity index (χ3v) is 11.9. The van der Waals surface area contributed by atoms with Crippen molar-refractivity contribution in [1.29, 1.82) is 0 Å². The second-order valence-corrected chi connectivity index (χ2v) is 17.1. The number of benzene rings is 1. The molecule has 2 aliphatic carbocycles. The summed E-state index contributed by atoms with van der Waals surface area (Å²) in [6.07, 6.45) is 0.212. The van der Waals surface area contributed by atoms with Gasteiger partial charge in [-0.15, -0.1) is 6.58 Å². The van der Waals surface area contributed by atoms with Crippen LogP contribution in [0.5, 0.6) is 5.88 Å². The molecule has 1 aromatic heterocycles. The van der Waals surface area contributed by atoms with Gasteiger partial charge in [0.05, 0.1) is 12.1 Å². The first-order chi connectivity index (χ1) is 25.7. The zero-order valence-corrected chi connectivity index (χ0v) is 32.3. The summed E-state index contributed by atoms with van der Waals surface area (Å²) in [5, 5.41) is 23.1. The number of ketones is 1. The van der Waals surface area contributed by atoms with Gasteiger partial charge >= 0.3 is 12.2 Å². The van der Waals surface area contributed by atoms with Crippen molar-refractivity contribution in [3.05, 3.63) is 43.1 Å². The number of aromatic hydroxyl groups is 1. The normalized spacial score (nSPS) is 22.5. The molecule has 3 aliphatic rings. The van der Waals surface area contributed by atoms with Gasteiger partial charge in [-0.05, 0) is 53.9 Å². The van der Waals surface area contributed by atoms with E-state index in [2.05, 4.69) is 27.8 Å². The Kier molecular flexibility index (Phi) is 12.3. The van der Waals surface area contributed by atoms with Gasteiger partial charge < -0.3 is 35.8 Å². The van der Waals surface area contributed by atoms with Crippen molar-refractivity contribution in [1.82, 2.24) is 30.7 Å². The topological polar surface area (TPSA) is 162 Å². The summed E-state index contributed by atoms with van der Waals surface area (Å²) in [5.74, 6) is -4.28. The number of hydrogen-bond donors (Lipinski definition) is 5. The van der Waals surface area contributed by atoms with Crippen LogP contribution in [0.25, 0.3) is 10.8 Å². The number of alkyl halides is 3. The summed E-state index contributed by atoms with van der Waals surface area (Å²) < 4.78 is 41.6. The van der Waals surface area contributed by atoms with Gasteiger partial charge in [0.15, 0.2) is 5.88 Å². The molecule has 5 rings (SSSR count). The summed E-state index contributed by atoms with van der Waals surface area (Å²) in [6, 6.07) is 2.41. The number of urea groups is 1. The van der Waals surface area contributed by atoms with Crippen molar-refractivity contribution < 1.29 is 42.3 Å². The number of aromatic nitrogens is 1. The largest absolute Gasteiger partial charge is 0.494 e. The molecule has 1 saturated heterocycles. The summed E-state index contributed by atoms with van der Waals surface area (Å²) in [5.41, 5.74) is -0.844. The van der Waals surface area contributed by atoms with Crippen LogP contribution < -0.4 is 21.3 Å². The van der Waals surface area contributed by atoms with Crippen LogP contribution in [0.1, 0.15) is 79.6 Å². The monoisotopic (exact) mass is 772 g/mol. The van der Waals surface area contributed by atoms with E-state index in [0.29, 0.717) is 18.2 Å². The van der Waals surface area contributed by atoms with Crippen LogP contribution in [0, 0.1) is 28.6 Å². The van der Waals surface area contributed by atoms with Gasteiger partial charge in [-0.3, -0.25) is 19.2 Å². The number of halogens is 3. The van der Waals surface area contributed by atoms with Crippen molar-refractivity contribution in [3.63, 3.8) is 0 Å². The van der Waals surface area contributed by atoms with E-state index in [0.717, 1.165) is 24.6 Å². The van der Waals surface area contributed by atoms with E-state index in [1.165, 1.54) is 11.0 Å². The number of hydrogen-bond acceptors (Lipinski definition) is 6. The number of Topliss-reactive ketones (excluding diaryl/α,β-unsaturated/α-hetero) is 1. The van der Waals surface area contributed by atoms with Crippen LogP contribution in [-0.2, 0) is 25.7 Å². The van der Waals surface area contributed by atoms with E-state index in [1.807, 2.05) is 65.1 Å². The maximum Gasteiger partial charge on any atom is 0.389 e. The number of amides is 5. The first-order valence-electron chi connectivity index (χ1n) is 19.2. The molecule has 1 aromatic carbocycles. The maximum absolute atomic E-state index is 14.7. The zero-order chi connectivity index (χ0) is 40.5. The molecule has 3 fully saturated rings. The minimum absolute atomic E-state index is 0.0712. The Bertz CT molecular complexity index is 1780. The second-order valence-electron chi connectivity index (χ2n) is 17.1. The summed E-state index contributed by atoms with van der Waals surface area (Å²) >= 11 is 0. The Morgan fingerprint density at radius 1 is 1.02 bits per heavy atom. The third-order valence-electron chi connectivity index (χ3n) is 11.9. The molecule has 2 saturated carbocycles. The van der Waals surface area contributed by atoms with Gasteiger partial charge in [0.1, 0.15) is 12.1 Å². The highest BCUT2D eigenvalue weighted by atomic mass is 19.4. The molecular weight excluding hydrogens is 717 g/mol. The lowest BCUT2D eigenvalue weighted by Crippen LogP contribution is -2.61. The molecule has 1 unspecified atom stereocenters. The number of rotatable bonds is 14. The average molecular weight is 773 g/mol. The van der Waals surface area contributed by atoms with Crippen molar-refractivity contribution >= 4 is 40.3 Å². The minimum Gasteiger partial charge on any atom is -0.494 e. The highest BCUT2D eigenvalue weighted by molar-refractivity contribution is 6.38. The van der Waals surface area contributed by atoms with Gasteiger partial charge in [-0.2, -0.15) is 13.2 Å². The van der Waals surface area contributed by atoms with Crippen molar-refractivity contribution in [2.45, 2.75) is 116 Å². The fourth-order valence-corrected chi connectivity index (χ4v) is 8.49.